The first kappa shape index (κ1) is 11.8. The summed E-state index contributed by atoms with van der Waals surface area (Å²) < 4.78 is 0. The molecule has 1 aromatic heterocycles. The fourth-order valence-corrected chi connectivity index (χ4v) is 5.63. The minimum absolute atomic E-state index is 0.557. The van der Waals surface area contributed by atoms with Crippen LogP contribution in [-0.2, 0) is 6.54 Å². The van der Waals surface area contributed by atoms with Gasteiger partial charge in [-0.15, -0.1) is 0 Å². The normalized spacial score (nSPS) is 40.0. The second kappa shape index (κ2) is 4.02. The first-order chi connectivity index (χ1) is 9.17. The molecule has 104 valence electrons. The van der Waals surface area contributed by atoms with Gasteiger partial charge < -0.3 is 16.5 Å². The average molecular weight is 259 g/mol. The van der Waals surface area contributed by atoms with Crippen molar-refractivity contribution in [2.24, 2.45) is 29.4 Å². The van der Waals surface area contributed by atoms with Crippen LogP contribution in [0.25, 0.3) is 0 Å². The highest BCUT2D eigenvalue weighted by atomic mass is 14.8. The first-order valence-electron chi connectivity index (χ1n) is 7.84. The van der Waals surface area contributed by atoms with Crippen molar-refractivity contribution in [3.8, 4) is 0 Å². The standard InChI is InChI=1S/C16H25N3/c1-8-13(7-17)15(18)16(19-8)14-11-3-9-2-10(5-11)6-12(14)4-9/h9-12,14,19H,2-7,17-18H2,1H3. The molecule has 0 saturated heterocycles. The second-order valence-corrected chi connectivity index (χ2v) is 7.22. The maximum atomic E-state index is 6.38. The van der Waals surface area contributed by atoms with Gasteiger partial charge in [0.1, 0.15) is 0 Å². The zero-order valence-corrected chi connectivity index (χ0v) is 11.8. The first-order valence-corrected chi connectivity index (χ1v) is 7.84. The SMILES string of the molecule is Cc1[nH]c(C2C3CC4CC(C3)CC2C4)c(N)c1CN. The summed E-state index contributed by atoms with van der Waals surface area (Å²) in [7, 11) is 0. The summed E-state index contributed by atoms with van der Waals surface area (Å²) >= 11 is 0. The van der Waals surface area contributed by atoms with Crippen LogP contribution >= 0.6 is 0 Å². The Balaban J connectivity index is 1.73. The Hall–Kier alpha value is -0.960. The molecule has 0 radical (unpaired) electrons. The van der Waals surface area contributed by atoms with Crippen molar-refractivity contribution in [3.63, 3.8) is 0 Å². The number of hydrogen-bond acceptors (Lipinski definition) is 2. The summed E-state index contributed by atoms with van der Waals surface area (Å²) in [5.41, 5.74) is 16.8. The van der Waals surface area contributed by atoms with Crippen LogP contribution in [0, 0.1) is 30.6 Å². The Morgan fingerprint density at radius 3 is 2.11 bits per heavy atom. The molecule has 0 spiro atoms. The Labute approximate surface area is 115 Å². The number of H-pyrrole nitrogens is 1. The highest BCUT2D eigenvalue weighted by Crippen LogP contribution is 2.60. The molecule has 0 aliphatic heterocycles. The van der Waals surface area contributed by atoms with Gasteiger partial charge in [-0.25, -0.2) is 0 Å². The molecule has 0 atom stereocenters. The molecule has 1 heterocycles. The lowest BCUT2D eigenvalue weighted by atomic mass is 9.51. The van der Waals surface area contributed by atoms with E-state index in [1.165, 1.54) is 43.5 Å². The van der Waals surface area contributed by atoms with E-state index in [0.717, 1.165) is 34.9 Å². The number of nitrogens with two attached hydrogens (primary N) is 2. The molecule has 19 heavy (non-hydrogen) atoms. The number of anilines is 1. The summed E-state index contributed by atoms with van der Waals surface area (Å²) in [5.74, 6) is 4.48. The lowest BCUT2D eigenvalue weighted by Gasteiger charge is -2.54. The molecule has 0 amide bonds. The summed E-state index contributed by atoms with van der Waals surface area (Å²) in [6, 6.07) is 0. The minimum Gasteiger partial charge on any atom is -0.397 e. The molecule has 3 nitrogen and oxygen atoms in total. The molecule has 5 N–H and O–H groups in total. The van der Waals surface area contributed by atoms with Gasteiger partial charge >= 0.3 is 0 Å². The van der Waals surface area contributed by atoms with E-state index in [1.54, 1.807) is 0 Å². The number of nitrogens with one attached hydrogen (secondary N) is 1. The van der Waals surface area contributed by atoms with E-state index in [9.17, 15) is 0 Å². The molecule has 0 unspecified atom stereocenters. The molecule has 5 rings (SSSR count). The average Bonchev–Trinajstić information content (AvgIpc) is 2.63. The van der Waals surface area contributed by atoms with E-state index in [-0.39, 0.29) is 0 Å². The van der Waals surface area contributed by atoms with Crippen LogP contribution in [0.5, 0.6) is 0 Å². The van der Waals surface area contributed by atoms with Gasteiger partial charge in [0.25, 0.3) is 0 Å². The Kier molecular flexibility index (Phi) is 2.50. The van der Waals surface area contributed by atoms with Crippen molar-refractivity contribution in [1.29, 1.82) is 0 Å². The summed E-state index contributed by atoms with van der Waals surface area (Å²) in [4.78, 5) is 3.59. The molecule has 4 bridgehead atoms. The van der Waals surface area contributed by atoms with Crippen LogP contribution in [-0.4, -0.2) is 4.98 Å². The lowest BCUT2D eigenvalue weighted by Crippen LogP contribution is -2.44. The number of nitrogen functional groups attached to an aromatic ring is 1. The number of aromatic amines is 1. The fraction of sp³-hybridized carbons (Fsp3) is 0.750. The van der Waals surface area contributed by atoms with E-state index in [1.807, 2.05) is 0 Å². The number of aromatic nitrogens is 1. The molecule has 1 aromatic rings. The van der Waals surface area contributed by atoms with Crippen LogP contribution in [0.2, 0.25) is 0 Å². The number of aryl methyl sites for hydroxylation is 1. The fourth-order valence-electron chi connectivity index (χ4n) is 5.63. The van der Waals surface area contributed by atoms with Crippen molar-refractivity contribution >= 4 is 5.69 Å². The van der Waals surface area contributed by atoms with Gasteiger partial charge in [0, 0.05) is 29.4 Å². The summed E-state index contributed by atoms with van der Waals surface area (Å²) in [5, 5.41) is 0. The summed E-state index contributed by atoms with van der Waals surface area (Å²) in [6.45, 7) is 2.67. The van der Waals surface area contributed by atoms with Gasteiger partial charge in [-0.1, -0.05) is 0 Å². The molecule has 3 heteroatoms. The predicted octanol–water partition coefficient (Wildman–Crippen LogP) is 2.90. The van der Waals surface area contributed by atoms with Gasteiger partial charge in [-0.2, -0.15) is 0 Å². The third-order valence-corrected chi connectivity index (χ3v) is 6.15. The Morgan fingerprint density at radius 1 is 1.05 bits per heavy atom. The quantitative estimate of drug-likeness (QED) is 0.764. The van der Waals surface area contributed by atoms with E-state index in [2.05, 4.69) is 11.9 Å². The minimum atomic E-state index is 0.557. The zero-order valence-electron chi connectivity index (χ0n) is 11.8. The topological polar surface area (TPSA) is 67.8 Å². The van der Waals surface area contributed by atoms with Gasteiger partial charge in [-0.05, 0) is 62.7 Å². The smallest absolute Gasteiger partial charge is 0.0576 e. The molecule has 0 aromatic carbocycles. The van der Waals surface area contributed by atoms with Crippen LogP contribution in [0.4, 0.5) is 5.69 Å². The second-order valence-electron chi connectivity index (χ2n) is 7.22. The molecule has 4 aliphatic rings. The third kappa shape index (κ3) is 1.60. The van der Waals surface area contributed by atoms with Crippen LogP contribution in [0.15, 0.2) is 0 Å². The van der Waals surface area contributed by atoms with Crippen LogP contribution < -0.4 is 11.5 Å². The molecule has 4 saturated carbocycles. The van der Waals surface area contributed by atoms with Crippen molar-refractivity contribution in [2.75, 3.05) is 5.73 Å². The van der Waals surface area contributed by atoms with Crippen LogP contribution in [0.1, 0.15) is 55.0 Å². The third-order valence-electron chi connectivity index (χ3n) is 6.15. The molecule has 4 aliphatic carbocycles. The van der Waals surface area contributed by atoms with Crippen molar-refractivity contribution in [1.82, 2.24) is 4.98 Å². The van der Waals surface area contributed by atoms with Gasteiger partial charge in [0.15, 0.2) is 0 Å². The molecular formula is C16H25N3. The highest BCUT2D eigenvalue weighted by molar-refractivity contribution is 5.56. The predicted molar refractivity (Wildman–Crippen MR) is 77.6 cm³/mol. The van der Waals surface area contributed by atoms with Crippen molar-refractivity contribution < 1.29 is 0 Å². The molecular weight excluding hydrogens is 234 g/mol. The van der Waals surface area contributed by atoms with E-state index in [4.69, 9.17) is 11.5 Å². The van der Waals surface area contributed by atoms with Gasteiger partial charge in [0.2, 0.25) is 0 Å². The number of rotatable bonds is 2. The van der Waals surface area contributed by atoms with Crippen molar-refractivity contribution in [3.05, 3.63) is 17.0 Å². The Bertz CT molecular complexity index is 474. The summed E-state index contributed by atoms with van der Waals surface area (Å²) in [6.07, 6.45) is 7.26. The molecule has 4 fully saturated rings. The number of hydrogen-bond donors (Lipinski definition) is 3. The zero-order chi connectivity index (χ0) is 13.1. The Morgan fingerprint density at radius 2 is 1.63 bits per heavy atom. The maximum Gasteiger partial charge on any atom is 0.0576 e. The largest absolute Gasteiger partial charge is 0.397 e. The van der Waals surface area contributed by atoms with Crippen molar-refractivity contribution in [2.45, 2.75) is 51.5 Å². The van der Waals surface area contributed by atoms with E-state index < -0.39 is 0 Å². The van der Waals surface area contributed by atoms with Gasteiger partial charge in [-0.3, -0.25) is 0 Å². The lowest BCUT2D eigenvalue weighted by molar-refractivity contribution is -0.00378. The monoisotopic (exact) mass is 259 g/mol. The van der Waals surface area contributed by atoms with E-state index >= 15 is 0 Å². The van der Waals surface area contributed by atoms with E-state index in [0.29, 0.717) is 12.5 Å². The highest BCUT2D eigenvalue weighted by Gasteiger charge is 2.49. The maximum absolute atomic E-state index is 6.38. The van der Waals surface area contributed by atoms with Gasteiger partial charge in [0.05, 0.1) is 5.69 Å². The van der Waals surface area contributed by atoms with Crippen LogP contribution in [0.3, 0.4) is 0 Å².